The van der Waals surface area contributed by atoms with Crippen LogP contribution in [0.15, 0.2) is 47.7 Å². The first-order valence-corrected chi connectivity index (χ1v) is 7.12. The number of carbonyl (C=O) groups is 1. The van der Waals surface area contributed by atoms with E-state index in [1.54, 1.807) is 4.90 Å². The summed E-state index contributed by atoms with van der Waals surface area (Å²) in [6.07, 6.45) is 4.48. The van der Waals surface area contributed by atoms with E-state index in [0.29, 0.717) is 19.0 Å². The number of amides is 1. The number of nitrogens with one attached hydrogen (secondary N) is 1. The molecule has 108 valence electrons. The third-order valence-corrected chi connectivity index (χ3v) is 4.00. The fraction of sp³-hybridized carbons (Fsp3) is 0.312. The first kappa shape index (κ1) is 13.5. The summed E-state index contributed by atoms with van der Waals surface area (Å²) in [5, 5.41) is 0. The van der Waals surface area contributed by atoms with Crippen LogP contribution < -0.4 is 5.56 Å². The normalized spacial score (nSPS) is 15.9. The van der Waals surface area contributed by atoms with Crippen molar-refractivity contribution in [2.24, 2.45) is 0 Å². The molecule has 1 saturated heterocycles. The number of piperidine rings is 1. The Balaban J connectivity index is 1.68. The van der Waals surface area contributed by atoms with Crippen LogP contribution in [-0.4, -0.2) is 33.9 Å². The Bertz CT molecular complexity index is 673. The topological polar surface area (TPSA) is 66.1 Å². The second kappa shape index (κ2) is 5.91. The van der Waals surface area contributed by atoms with Crippen molar-refractivity contribution >= 4 is 5.91 Å². The third kappa shape index (κ3) is 2.86. The average molecular weight is 283 g/mol. The van der Waals surface area contributed by atoms with Crippen molar-refractivity contribution in [3.63, 3.8) is 0 Å². The summed E-state index contributed by atoms with van der Waals surface area (Å²) in [6.45, 7) is 1.35. The molecule has 1 aliphatic heterocycles. The zero-order valence-corrected chi connectivity index (χ0v) is 11.7. The smallest absolute Gasteiger partial charge is 0.263 e. The van der Waals surface area contributed by atoms with E-state index in [1.165, 1.54) is 18.1 Å². The van der Waals surface area contributed by atoms with Gasteiger partial charge in [-0.2, -0.15) is 0 Å². The summed E-state index contributed by atoms with van der Waals surface area (Å²) in [5.41, 5.74) is 1.07. The summed E-state index contributed by atoms with van der Waals surface area (Å²) in [6, 6.07) is 10.4. The van der Waals surface area contributed by atoms with E-state index in [9.17, 15) is 9.59 Å². The number of aromatic nitrogens is 2. The molecule has 3 rings (SSSR count). The molecule has 0 bridgehead atoms. The maximum absolute atomic E-state index is 12.3. The van der Waals surface area contributed by atoms with Crippen LogP contribution in [0, 0.1) is 0 Å². The minimum Gasteiger partial charge on any atom is -0.338 e. The molecule has 5 nitrogen and oxygen atoms in total. The summed E-state index contributed by atoms with van der Waals surface area (Å²) < 4.78 is 0. The lowest BCUT2D eigenvalue weighted by atomic mass is 9.89. The van der Waals surface area contributed by atoms with Gasteiger partial charge < -0.3 is 9.88 Å². The van der Waals surface area contributed by atoms with Crippen molar-refractivity contribution in [2.45, 2.75) is 18.8 Å². The van der Waals surface area contributed by atoms with Gasteiger partial charge in [0.15, 0.2) is 0 Å². The van der Waals surface area contributed by atoms with Gasteiger partial charge in [-0.15, -0.1) is 0 Å². The fourth-order valence-corrected chi connectivity index (χ4v) is 2.81. The molecule has 1 N–H and O–H groups in total. The summed E-state index contributed by atoms with van der Waals surface area (Å²) in [4.78, 5) is 32.0. The Morgan fingerprint density at radius 2 is 1.90 bits per heavy atom. The van der Waals surface area contributed by atoms with Crippen molar-refractivity contribution in [3.8, 4) is 0 Å². The van der Waals surface area contributed by atoms with Gasteiger partial charge in [0.25, 0.3) is 11.5 Å². The van der Waals surface area contributed by atoms with Crippen molar-refractivity contribution in [2.75, 3.05) is 13.1 Å². The van der Waals surface area contributed by atoms with E-state index in [0.717, 1.165) is 12.8 Å². The fourth-order valence-electron chi connectivity index (χ4n) is 2.81. The standard InChI is InChI=1S/C16H17N3O2/c20-15-14(10-17-11-18-15)16(21)19-8-6-13(7-9-19)12-4-2-1-3-5-12/h1-5,10-11,13H,6-9H2,(H,17,18,20). The van der Waals surface area contributed by atoms with E-state index in [4.69, 9.17) is 0 Å². The minimum absolute atomic E-state index is 0.121. The number of H-pyrrole nitrogens is 1. The minimum atomic E-state index is -0.375. The summed E-state index contributed by atoms with van der Waals surface area (Å²) >= 11 is 0. The molecular formula is C16H17N3O2. The molecule has 0 aliphatic carbocycles. The molecule has 2 heterocycles. The number of nitrogens with zero attached hydrogens (tertiary/aromatic N) is 2. The van der Waals surface area contributed by atoms with Gasteiger partial charge >= 0.3 is 0 Å². The number of aromatic amines is 1. The maximum Gasteiger partial charge on any atom is 0.263 e. The molecule has 0 radical (unpaired) electrons. The molecular weight excluding hydrogens is 266 g/mol. The van der Waals surface area contributed by atoms with Crippen LogP contribution in [0.2, 0.25) is 0 Å². The van der Waals surface area contributed by atoms with Crippen molar-refractivity contribution in [1.29, 1.82) is 0 Å². The highest BCUT2D eigenvalue weighted by Gasteiger charge is 2.25. The molecule has 2 aromatic rings. The van der Waals surface area contributed by atoms with Gasteiger partial charge in [-0.3, -0.25) is 9.59 Å². The monoisotopic (exact) mass is 283 g/mol. The summed E-state index contributed by atoms with van der Waals surface area (Å²) in [7, 11) is 0. The highest BCUT2D eigenvalue weighted by molar-refractivity contribution is 5.93. The van der Waals surface area contributed by atoms with E-state index in [2.05, 4.69) is 22.1 Å². The molecule has 1 aromatic heterocycles. The summed E-state index contributed by atoms with van der Waals surface area (Å²) in [5.74, 6) is 0.262. The van der Waals surface area contributed by atoms with Gasteiger partial charge in [0.2, 0.25) is 0 Å². The number of carbonyl (C=O) groups excluding carboxylic acids is 1. The van der Waals surface area contributed by atoms with Crippen LogP contribution in [0.1, 0.15) is 34.7 Å². The van der Waals surface area contributed by atoms with Crippen LogP contribution in [0.5, 0.6) is 0 Å². The molecule has 5 heteroatoms. The third-order valence-electron chi connectivity index (χ3n) is 4.00. The van der Waals surface area contributed by atoms with E-state index < -0.39 is 0 Å². The molecule has 1 aromatic carbocycles. The number of hydrogen-bond donors (Lipinski definition) is 1. The predicted octanol–water partition coefficient (Wildman–Crippen LogP) is 1.79. The van der Waals surface area contributed by atoms with E-state index in [-0.39, 0.29) is 17.0 Å². The maximum atomic E-state index is 12.3. The number of likely N-dealkylation sites (tertiary alicyclic amines) is 1. The first-order chi connectivity index (χ1) is 10.3. The van der Waals surface area contributed by atoms with Gasteiger partial charge in [-0.05, 0) is 24.3 Å². The SMILES string of the molecule is O=C(c1cnc[nH]c1=O)N1CCC(c2ccccc2)CC1. The van der Waals surface area contributed by atoms with Gasteiger partial charge in [0.05, 0.1) is 6.33 Å². The Morgan fingerprint density at radius 3 is 2.57 bits per heavy atom. The highest BCUT2D eigenvalue weighted by Crippen LogP contribution is 2.28. The Labute approximate surface area is 122 Å². The van der Waals surface area contributed by atoms with Gasteiger partial charge in [-0.25, -0.2) is 4.98 Å². The molecule has 1 aliphatic rings. The Kier molecular flexibility index (Phi) is 3.81. The second-order valence-electron chi connectivity index (χ2n) is 5.27. The van der Waals surface area contributed by atoms with Crippen LogP contribution in [0.3, 0.4) is 0 Å². The van der Waals surface area contributed by atoms with Crippen LogP contribution in [0.25, 0.3) is 0 Å². The number of hydrogen-bond acceptors (Lipinski definition) is 3. The predicted molar refractivity (Wildman–Crippen MR) is 79.2 cm³/mol. The van der Waals surface area contributed by atoms with Crippen LogP contribution in [-0.2, 0) is 0 Å². The Hall–Kier alpha value is -2.43. The number of rotatable bonds is 2. The Morgan fingerprint density at radius 1 is 1.19 bits per heavy atom. The highest BCUT2D eigenvalue weighted by atomic mass is 16.2. The average Bonchev–Trinajstić information content (AvgIpc) is 2.56. The largest absolute Gasteiger partial charge is 0.338 e. The molecule has 0 spiro atoms. The lowest BCUT2D eigenvalue weighted by Gasteiger charge is -2.32. The van der Waals surface area contributed by atoms with E-state index >= 15 is 0 Å². The van der Waals surface area contributed by atoms with Crippen molar-refractivity contribution in [3.05, 3.63) is 64.3 Å². The van der Waals surface area contributed by atoms with Crippen molar-refractivity contribution in [1.82, 2.24) is 14.9 Å². The lowest BCUT2D eigenvalue weighted by Crippen LogP contribution is -2.40. The van der Waals surface area contributed by atoms with Crippen LogP contribution >= 0.6 is 0 Å². The number of benzene rings is 1. The molecule has 1 amide bonds. The quantitative estimate of drug-likeness (QED) is 0.913. The molecule has 0 atom stereocenters. The van der Waals surface area contributed by atoms with Gasteiger partial charge in [-0.1, -0.05) is 30.3 Å². The van der Waals surface area contributed by atoms with Crippen LogP contribution in [0.4, 0.5) is 0 Å². The second-order valence-corrected chi connectivity index (χ2v) is 5.27. The van der Waals surface area contributed by atoms with Crippen molar-refractivity contribution < 1.29 is 4.79 Å². The lowest BCUT2D eigenvalue weighted by molar-refractivity contribution is 0.0710. The van der Waals surface area contributed by atoms with Gasteiger partial charge in [0, 0.05) is 19.3 Å². The van der Waals surface area contributed by atoms with Gasteiger partial charge in [0.1, 0.15) is 5.56 Å². The molecule has 0 saturated carbocycles. The molecule has 0 unspecified atom stereocenters. The molecule has 1 fully saturated rings. The zero-order chi connectivity index (χ0) is 14.7. The molecule has 21 heavy (non-hydrogen) atoms. The van der Waals surface area contributed by atoms with E-state index in [1.807, 2.05) is 18.2 Å². The first-order valence-electron chi connectivity index (χ1n) is 7.12. The zero-order valence-electron chi connectivity index (χ0n) is 11.7.